The molecule has 0 rings (SSSR count). The molecule has 0 aromatic heterocycles. The SMILES string of the molecule is CCCCCCCC/C=C\CCCCCCCCCC(=O)OC(COC(=O)CCCCCCCCC)COC(=O)CCCCCCCCC/C=C\CCCCCCCCC. The van der Waals surface area contributed by atoms with E-state index in [1.54, 1.807) is 0 Å². The molecule has 0 bridgehead atoms. The number of unbranched alkanes of at least 4 members (excludes halogenated alkanes) is 33. The molecule has 0 amide bonds. The number of ether oxygens (including phenoxy) is 3. The van der Waals surface area contributed by atoms with Crippen molar-refractivity contribution in [3.05, 3.63) is 24.3 Å². The van der Waals surface area contributed by atoms with E-state index in [1.165, 1.54) is 186 Å². The van der Waals surface area contributed by atoms with Gasteiger partial charge in [0.25, 0.3) is 0 Å². The predicted octanol–water partition coefficient (Wildman–Crippen LogP) is 17.2. The zero-order chi connectivity index (χ0) is 43.7. The van der Waals surface area contributed by atoms with Gasteiger partial charge in [-0.05, 0) is 70.6 Å². The zero-order valence-corrected chi connectivity index (χ0v) is 40.2. The molecule has 0 fully saturated rings. The normalized spacial score (nSPS) is 12.1. The summed E-state index contributed by atoms with van der Waals surface area (Å²) in [5.41, 5.74) is 0. The summed E-state index contributed by atoms with van der Waals surface area (Å²) in [5.74, 6) is -0.875. The number of hydrogen-bond donors (Lipinski definition) is 0. The molecule has 0 aliphatic heterocycles. The van der Waals surface area contributed by atoms with Gasteiger partial charge < -0.3 is 14.2 Å². The van der Waals surface area contributed by atoms with Crippen LogP contribution in [-0.2, 0) is 28.6 Å². The summed E-state index contributed by atoms with van der Waals surface area (Å²) < 4.78 is 16.7. The van der Waals surface area contributed by atoms with E-state index in [-0.39, 0.29) is 31.1 Å². The van der Waals surface area contributed by atoms with E-state index in [9.17, 15) is 14.4 Å². The molecule has 6 nitrogen and oxygen atoms in total. The molecule has 0 spiro atoms. The average Bonchev–Trinajstić information content (AvgIpc) is 3.24. The summed E-state index contributed by atoms with van der Waals surface area (Å²) >= 11 is 0. The molecule has 6 heteroatoms. The fraction of sp³-hybridized carbons (Fsp3) is 0.870. The van der Waals surface area contributed by atoms with Crippen molar-refractivity contribution < 1.29 is 28.6 Å². The van der Waals surface area contributed by atoms with E-state index in [1.807, 2.05) is 0 Å². The molecule has 0 heterocycles. The number of carbonyl (C=O) groups excluding carboxylic acids is 3. The second-order valence-corrected chi connectivity index (χ2v) is 17.8. The van der Waals surface area contributed by atoms with Crippen LogP contribution in [0.5, 0.6) is 0 Å². The van der Waals surface area contributed by atoms with Gasteiger partial charge in [-0.3, -0.25) is 14.4 Å². The number of esters is 3. The lowest BCUT2D eigenvalue weighted by Crippen LogP contribution is -2.30. The van der Waals surface area contributed by atoms with E-state index < -0.39 is 6.10 Å². The lowest BCUT2D eigenvalue weighted by atomic mass is 10.1. The lowest BCUT2D eigenvalue weighted by molar-refractivity contribution is -0.167. The van der Waals surface area contributed by atoms with E-state index in [0.717, 1.165) is 57.8 Å². The van der Waals surface area contributed by atoms with E-state index in [0.29, 0.717) is 19.3 Å². The van der Waals surface area contributed by atoms with Crippen molar-refractivity contribution in [3.63, 3.8) is 0 Å². The molecule has 352 valence electrons. The van der Waals surface area contributed by atoms with Crippen LogP contribution in [0.15, 0.2) is 24.3 Å². The number of carbonyl (C=O) groups is 3. The minimum atomic E-state index is -0.769. The van der Waals surface area contributed by atoms with E-state index in [2.05, 4.69) is 45.1 Å². The van der Waals surface area contributed by atoms with Gasteiger partial charge in [0.05, 0.1) is 0 Å². The first-order chi connectivity index (χ1) is 29.5. The third-order valence-electron chi connectivity index (χ3n) is 11.7. The first-order valence-corrected chi connectivity index (χ1v) is 26.3. The molecule has 0 aromatic carbocycles. The van der Waals surface area contributed by atoms with Crippen molar-refractivity contribution >= 4 is 17.9 Å². The number of hydrogen-bond acceptors (Lipinski definition) is 6. The van der Waals surface area contributed by atoms with Crippen molar-refractivity contribution in [2.45, 2.75) is 290 Å². The second-order valence-electron chi connectivity index (χ2n) is 17.8. The van der Waals surface area contributed by atoms with Crippen molar-refractivity contribution in [2.24, 2.45) is 0 Å². The van der Waals surface area contributed by atoms with Crippen molar-refractivity contribution in [1.29, 1.82) is 0 Å². The largest absolute Gasteiger partial charge is 0.462 e. The van der Waals surface area contributed by atoms with Crippen molar-refractivity contribution in [2.75, 3.05) is 13.2 Å². The second kappa shape index (κ2) is 49.5. The van der Waals surface area contributed by atoms with Gasteiger partial charge in [0.2, 0.25) is 0 Å². The Morgan fingerprint density at radius 2 is 0.550 bits per heavy atom. The first kappa shape index (κ1) is 57.9. The van der Waals surface area contributed by atoms with Crippen LogP contribution in [0.1, 0.15) is 284 Å². The van der Waals surface area contributed by atoms with Gasteiger partial charge in [0.1, 0.15) is 13.2 Å². The molecule has 1 atom stereocenters. The highest BCUT2D eigenvalue weighted by molar-refractivity contribution is 5.71. The Labute approximate surface area is 373 Å². The molecule has 0 aliphatic rings. The minimum Gasteiger partial charge on any atom is -0.462 e. The highest BCUT2D eigenvalue weighted by atomic mass is 16.6. The van der Waals surface area contributed by atoms with Gasteiger partial charge in [-0.25, -0.2) is 0 Å². The molecule has 0 N–H and O–H groups in total. The average molecular weight is 845 g/mol. The molecule has 0 aliphatic carbocycles. The Morgan fingerprint density at radius 1 is 0.317 bits per heavy atom. The maximum Gasteiger partial charge on any atom is 0.306 e. The summed E-state index contributed by atoms with van der Waals surface area (Å²) in [5, 5.41) is 0. The predicted molar refractivity (Wildman–Crippen MR) is 256 cm³/mol. The molecule has 0 radical (unpaired) electrons. The quantitative estimate of drug-likeness (QED) is 0.0263. The lowest BCUT2D eigenvalue weighted by Gasteiger charge is -2.18. The van der Waals surface area contributed by atoms with Crippen LogP contribution in [0.2, 0.25) is 0 Å². The molecular formula is C54H100O6. The topological polar surface area (TPSA) is 78.9 Å². The summed E-state index contributed by atoms with van der Waals surface area (Å²) in [7, 11) is 0. The Kier molecular flexibility index (Phi) is 47.8. The van der Waals surface area contributed by atoms with E-state index in [4.69, 9.17) is 14.2 Å². The molecule has 60 heavy (non-hydrogen) atoms. The standard InChI is InChI=1S/C54H100O6/c1-4-7-10-13-16-18-20-22-24-26-28-29-31-33-35-38-41-44-47-53(56)59-50-51(49-58-52(55)46-43-40-37-15-12-9-6-3)60-54(57)48-45-42-39-36-34-32-30-27-25-23-21-19-17-14-11-8-5-2/h23-26,51H,4-22,27-50H2,1-3H3/b25-23-,26-24-. The summed E-state index contributed by atoms with van der Waals surface area (Å²) in [4.78, 5) is 37.8. The van der Waals surface area contributed by atoms with Crippen LogP contribution in [0.4, 0.5) is 0 Å². The van der Waals surface area contributed by atoms with Gasteiger partial charge in [0, 0.05) is 19.3 Å². The monoisotopic (exact) mass is 845 g/mol. The van der Waals surface area contributed by atoms with Crippen LogP contribution in [0, 0.1) is 0 Å². The van der Waals surface area contributed by atoms with E-state index >= 15 is 0 Å². The smallest absolute Gasteiger partial charge is 0.306 e. The summed E-state index contributed by atoms with van der Waals surface area (Å²) in [6, 6.07) is 0. The maximum atomic E-state index is 12.8. The highest BCUT2D eigenvalue weighted by Crippen LogP contribution is 2.15. The highest BCUT2D eigenvalue weighted by Gasteiger charge is 2.19. The minimum absolute atomic E-state index is 0.0719. The molecular weight excluding hydrogens is 745 g/mol. The van der Waals surface area contributed by atoms with Gasteiger partial charge in [-0.15, -0.1) is 0 Å². The van der Waals surface area contributed by atoms with Gasteiger partial charge in [-0.2, -0.15) is 0 Å². The summed E-state index contributed by atoms with van der Waals surface area (Å²) in [6.45, 7) is 6.61. The van der Waals surface area contributed by atoms with Crippen LogP contribution < -0.4 is 0 Å². The zero-order valence-electron chi connectivity index (χ0n) is 40.2. The Balaban J connectivity index is 4.23. The third kappa shape index (κ3) is 46.9. The van der Waals surface area contributed by atoms with Crippen molar-refractivity contribution in [1.82, 2.24) is 0 Å². The van der Waals surface area contributed by atoms with Gasteiger partial charge in [-0.1, -0.05) is 218 Å². The van der Waals surface area contributed by atoms with Gasteiger partial charge in [0.15, 0.2) is 6.10 Å². The fourth-order valence-electron chi connectivity index (χ4n) is 7.67. The van der Waals surface area contributed by atoms with Gasteiger partial charge >= 0.3 is 17.9 Å². The number of rotatable bonds is 48. The fourth-order valence-corrected chi connectivity index (χ4v) is 7.67. The van der Waals surface area contributed by atoms with Crippen LogP contribution >= 0.6 is 0 Å². The van der Waals surface area contributed by atoms with Crippen LogP contribution in [-0.4, -0.2) is 37.2 Å². The molecule has 0 saturated carbocycles. The number of allylic oxidation sites excluding steroid dienone is 4. The Bertz CT molecular complexity index is 973. The maximum absolute atomic E-state index is 12.8. The summed E-state index contributed by atoms with van der Waals surface area (Å²) in [6.07, 6.45) is 56.1. The third-order valence-corrected chi connectivity index (χ3v) is 11.7. The van der Waals surface area contributed by atoms with Crippen LogP contribution in [0.3, 0.4) is 0 Å². The first-order valence-electron chi connectivity index (χ1n) is 26.3. The molecule has 1 unspecified atom stereocenters. The Morgan fingerprint density at radius 3 is 0.833 bits per heavy atom. The Hall–Kier alpha value is -2.11. The van der Waals surface area contributed by atoms with Crippen molar-refractivity contribution in [3.8, 4) is 0 Å². The molecule has 0 aromatic rings. The molecule has 0 saturated heterocycles. The van der Waals surface area contributed by atoms with Crippen LogP contribution in [0.25, 0.3) is 0 Å².